The van der Waals surface area contributed by atoms with E-state index in [9.17, 15) is 18.0 Å². The summed E-state index contributed by atoms with van der Waals surface area (Å²) in [6.45, 7) is 0. The van der Waals surface area contributed by atoms with Gasteiger partial charge in [-0.3, -0.25) is 4.79 Å². The van der Waals surface area contributed by atoms with E-state index in [1.165, 1.54) is 24.4 Å². The van der Waals surface area contributed by atoms with Crippen LogP contribution in [0.15, 0.2) is 60.8 Å². The van der Waals surface area contributed by atoms with Gasteiger partial charge in [0.05, 0.1) is 5.56 Å². The molecule has 2 nitrogen and oxygen atoms in total. The molecule has 0 spiro atoms. The maximum absolute atomic E-state index is 12.4. The van der Waals surface area contributed by atoms with Gasteiger partial charge in [0.25, 0.3) is 0 Å². The number of hydrogen-bond donors (Lipinski definition) is 1. The summed E-state index contributed by atoms with van der Waals surface area (Å²) in [6, 6.07) is 10.9. The molecule has 0 bridgehead atoms. The average Bonchev–Trinajstić information content (AvgIpc) is 2.47. The highest BCUT2D eigenvalue weighted by atomic mass is 35.5. The number of allylic oxidation sites excluding steroid dienone is 1. The Labute approximate surface area is 130 Å². The first-order chi connectivity index (χ1) is 10.4. The largest absolute Gasteiger partial charge is 0.416 e. The fourth-order valence-corrected chi connectivity index (χ4v) is 1.81. The summed E-state index contributed by atoms with van der Waals surface area (Å²) in [5.41, 5.74) is 0.197. The normalized spacial score (nSPS) is 11.6. The van der Waals surface area contributed by atoms with E-state index in [1.54, 1.807) is 24.3 Å². The van der Waals surface area contributed by atoms with E-state index in [0.29, 0.717) is 16.3 Å². The fraction of sp³-hybridized carbons (Fsp3) is 0.0625. The number of carbonyl (C=O) groups is 1. The van der Waals surface area contributed by atoms with E-state index in [1.807, 2.05) is 0 Å². The summed E-state index contributed by atoms with van der Waals surface area (Å²) < 4.78 is 37.2. The molecule has 6 heteroatoms. The second kappa shape index (κ2) is 6.66. The highest BCUT2D eigenvalue weighted by Crippen LogP contribution is 2.29. The van der Waals surface area contributed by atoms with Gasteiger partial charge in [-0.15, -0.1) is 0 Å². The number of hydrogen-bond acceptors (Lipinski definition) is 2. The van der Waals surface area contributed by atoms with Crippen LogP contribution in [0.25, 0.3) is 0 Å². The summed E-state index contributed by atoms with van der Waals surface area (Å²) in [6.07, 6.45) is -1.70. The molecule has 0 heterocycles. The molecule has 2 rings (SSSR count). The van der Waals surface area contributed by atoms with Crippen LogP contribution >= 0.6 is 11.6 Å². The van der Waals surface area contributed by atoms with Crippen molar-refractivity contribution in [2.24, 2.45) is 0 Å². The van der Waals surface area contributed by atoms with Gasteiger partial charge >= 0.3 is 6.18 Å². The van der Waals surface area contributed by atoms with Crippen LogP contribution in [0.5, 0.6) is 0 Å². The second-order valence-electron chi connectivity index (χ2n) is 4.42. The van der Waals surface area contributed by atoms with Crippen LogP contribution in [-0.4, -0.2) is 5.78 Å². The second-order valence-corrected chi connectivity index (χ2v) is 4.86. The lowest BCUT2D eigenvalue weighted by Crippen LogP contribution is -2.04. The van der Waals surface area contributed by atoms with Crippen LogP contribution in [0.1, 0.15) is 15.9 Å². The van der Waals surface area contributed by atoms with Gasteiger partial charge in [-0.2, -0.15) is 13.2 Å². The number of anilines is 1. The average molecular weight is 326 g/mol. The molecule has 2 aromatic rings. The first kappa shape index (κ1) is 16.1. The molecule has 0 saturated heterocycles. The molecule has 0 aliphatic rings. The van der Waals surface area contributed by atoms with Crippen LogP contribution in [0.3, 0.4) is 0 Å². The Kier molecular flexibility index (Phi) is 4.88. The third-order valence-corrected chi connectivity index (χ3v) is 3.08. The number of ketones is 1. The predicted octanol–water partition coefficient (Wildman–Crippen LogP) is 5.17. The first-order valence-electron chi connectivity index (χ1n) is 6.26. The van der Waals surface area contributed by atoms with E-state index < -0.39 is 11.7 Å². The predicted molar refractivity (Wildman–Crippen MR) is 80.0 cm³/mol. The minimum Gasteiger partial charge on any atom is -0.362 e. The maximum Gasteiger partial charge on any atom is 0.416 e. The number of rotatable bonds is 4. The SMILES string of the molecule is O=C(C=CNc1ccc(C(F)(F)F)cc1)c1ccc(Cl)cc1. The number of nitrogens with one attached hydrogen (secondary N) is 1. The van der Waals surface area contributed by atoms with E-state index in [4.69, 9.17) is 11.6 Å². The Hall–Kier alpha value is -2.27. The Bertz CT molecular complexity index is 676. The van der Waals surface area contributed by atoms with Gasteiger partial charge in [0.1, 0.15) is 0 Å². The van der Waals surface area contributed by atoms with Gasteiger partial charge in [0.15, 0.2) is 5.78 Å². The molecule has 0 aliphatic carbocycles. The summed E-state index contributed by atoms with van der Waals surface area (Å²) in [4.78, 5) is 11.8. The number of carbonyl (C=O) groups excluding carboxylic acids is 1. The van der Waals surface area contributed by atoms with Crippen LogP contribution < -0.4 is 5.32 Å². The number of halogens is 4. The summed E-state index contributed by atoms with van der Waals surface area (Å²) >= 11 is 5.72. The van der Waals surface area contributed by atoms with Gasteiger partial charge < -0.3 is 5.32 Å². The maximum atomic E-state index is 12.4. The topological polar surface area (TPSA) is 29.1 Å². The lowest BCUT2D eigenvalue weighted by Gasteiger charge is -2.07. The van der Waals surface area contributed by atoms with Crippen molar-refractivity contribution in [1.29, 1.82) is 0 Å². The van der Waals surface area contributed by atoms with Gasteiger partial charge in [-0.05, 0) is 48.5 Å². The highest BCUT2D eigenvalue weighted by Gasteiger charge is 2.29. The van der Waals surface area contributed by atoms with Crippen molar-refractivity contribution >= 4 is 23.1 Å². The van der Waals surface area contributed by atoms with Crippen molar-refractivity contribution in [2.75, 3.05) is 5.32 Å². The molecule has 0 unspecified atom stereocenters. The van der Waals surface area contributed by atoms with Crippen molar-refractivity contribution in [2.45, 2.75) is 6.18 Å². The monoisotopic (exact) mass is 325 g/mol. The van der Waals surface area contributed by atoms with E-state index in [0.717, 1.165) is 12.1 Å². The van der Waals surface area contributed by atoms with Gasteiger partial charge in [-0.25, -0.2) is 0 Å². The summed E-state index contributed by atoms with van der Waals surface area (Å²) in [7, 11) is 0. The molecule has 0 aromatic heterocycles. The summed E-state index contributed by atoms with van der Waals surface area (Å²) in [5, 5.41) is 3.27. The Morgan fingerprint density at radius 1 is 1.00 bits per heavy atom. The van der Waals surface area contributed by atoms with Crippen LogP contribution in [0.4, 0.5) is 18.9 Å². The molecule has 1 N–H and O–H groups in total. The lowest BCUT2D eigenvalue weighted by molar-refractivity contribution is -0.137. The molecule has 0 amide bonds. The fourth-order valence-electron chi connectivity index (χ4n) is 1.68. The molecule has 22 heavy (non-hydrogen) atoms. The lowest BCUT2D eigenvalue weighted by atomic mass is 10.1. The molecule has 0 aliphatic heterocycles. The van der Waals surface area contributed by atoms with Crippen LogP contribution in [-0.2, 0) is 6.18 Å². The molecule has 0 saturated carbocycles. The molecule has 114 valence electrons. The third kappa shape index (κ3) is 4.36. The Balaban J connectivity index is 1.97. The zero-order valence-corrected chi connectivity index (χ0v) is 11.9. The Morgan fingerprint density at radius 3 is 2.14 bits per heavy atom. The standard InChI is InChI=1S/C16H11ClF3NO/c17-13-5-1-11(2-6-13)15(22)9-10-21-14-7-3-12(4-8-14)16(18,19)20/h1-10,21H. The zero-order valence-electron chi connectivity index (χ0n) is 11.2. The zero-order chi connectivity index (χ0) is 16.2. The smallest absolute Gasteiger partial charge is 0.362 e. The molecule has 2 aromatic carbocycles. The molecule has 0 atom stereocenters. The van der Waals surface area contributed by atoms with Gasteiger partial charge in [0, 0.05) is 28.5 Å². The van der Waals surface area contributed by atoms with Crippen molar-refractivity contribution in [3.8, 4) is 0 Å². The van der Waals surface area contributed by atoms with Gasteiger partial charge in [0.2, 0.25) is 0 Å². The molecular weight excluding hydrogens is 315 g/mol. The number of alkyl halides is 3. The van der Waals surface area contributed by atoms with E-state index >= 15 is 0 Å². The van der Waals surface area contributed by atoms with Crippen molar-refractivity contribution in [1.82, 2.24) is 0 Å². The van der Waals surface area contributed by atoms with Crippen molar-refractivity contribution < 1.29 is 18.0 Å². The first-order valence-corrected chi connectivity index (χ1v) is 6.64. The van der Waals surface area contributed by atoms with E-state index in [-0.39, 0.29) is 5.78 Å². The van der Waals surface area contributed by atoms with Crippen molar-refractivity contribution in [3.63, 3.8) is 0 Å². The minimum atomic E-state index is -4.36. The van der Waals surface area contributed by atoms with E-state index in [2.05, 4.69) is 5.32 Å². The summed E-state index contributed by atoms with van der Waals surface area (Å²) in [5.74, 6) is -0.240. The Morgan fingerprint density at radius 2 is 1.59 bits per heavy atom. The molecular formula is C16H11ClF3NO. The number of benzene rings is 2. The van der Waals surface area contributed by atoms with Crippen LogP contribution in [0.2, 0.25) is 5.02 Å². The molecule has 0 fully saturated rings. The van der Waals surface area contributed by atoms with Crippen molar-refractivity contribution in [3.05, 3.63) is 77.0 Å². The van der Waals surface area contributed by atoms with Gasteiger partial charge in [-0.1, -0.05) is 11.6 Å². The highest BCUT2D eigenvalue weighted by molar-refractivity contribution is 6.30. The molecule has 0 radical (unpaired) electrons. The van der Waals surface area contributed by atoms with Crippen LogP contribution in [0, 0.1) is 0 Å². The third-order valence-electron chi connectivity index (χ3n) is 2.83. The quantitative estimate of drug-likeness (QED) is 0.621. The minimum absolute atomic E-state index is 0.240.